The van der Waals surface area contributed by atoms with Gasteiger partial charge in [-0.25, -0.2) is 14.8 Å². The molecule has 1 aromatic carbocycles. The van der Waals surface area contributed by atoms with Crippen molar-refractivity contribution in [2.45, 2.75) is 51.4 Å². The molecule has 2 aromatic rings. The van der Waals surface area contributed by atoms with Gasteiger partial charge in [0.2, 0.25) is 11.9 Å². The first kappa shape index (κ1) is 22.1. The van der Waals surface area contributed by atoms with E-state index in [4.69, 9.17) is 20.0 Å². The number of carbonyl (C=O) groups excluding carboxylic acids is 2. The molecule has 2 aliphatic heterocycles. The van der Waals surface area contributed by atoms with E-state index in [0.717, 1.165) is 35.4 Å². The van der Waals surface area contributed by atoms with Gasteiger partial charge in [-0.1, -0.05) is 12.1 Å². The van der Waals surface area contributed by atoms with Gasteiger partial charge in [-0.2, -0.15) is 5.26 Å². The second kappa shape index (κ2) is 9.27. The zero-order valence-corrected chi connectivity index (χ0v) is 19.1. The van der Waals surface area contributed by atoms with Crippen molar-refractivity contribution in [3.8, 4) is 17.3 Å². The molecule has 3 aliphatic rings. The third-order valence-corrected chi connectivity index (χ3v) is 6.31. The Morgan fingerprint density at radius 3 is 2.71 bits per heavy atom. The number of aromatic nitrogens is 2. The Labute approximate surface area is 197 Å². The summed E-state index contributed by atoms with van der Waals surface area (Å²) in [6.45, 7) is 4.70. The van der Waals surface area contributed by atoms with Gasteiger partial charge in [-0.15, -0.1) is 0 Å². The fourth-order valence-corrected chi connectivity index (χ4v) is 4.28. The van der Waals surface area contributed by atoms with Crippen LogP contribution in [0.2, 0.25) is 0 Å². The Morgan fingerprint density at radius 2 is 2.00 bits per heavy atom. The van der Waals surface area contributed by atoms with Crippen molar-refractivity contribution in [1.29, 1.82) is 5.26 Å². The summed E-state index contributed by atoms with van der Waals surface area (Å²) in [7, 11) is 0. The van der Waals surface area contributed by atoms with Crippen LogP contribution in [0.3, 0.4) is 0 Å². The summed E-state index contributed by atoms with van der Waals surface area (Å²) in [6.07, 6.45) is 1.90. The molecular weight excluding hydrogens is 434 g/mol. The van der Waals surface area contributed by atoms with E-state index < -0.39 is 0 Å². The maximum atomic E-state index is 12.4. The number of carbonyl (C=O) groups is 2. The van der Waals surface area contributed by atoms with E-state index >= 15 is 0 Å². The van der Waals surface area contributed by atoms with Gasteiger partial charge in [0.1, 0.15) is 6.42 Å². The molecule has 1 saturated heterocycles. The molecule has 176 valence electrons. The van der Waals surface area contributed by atoms with Crippen LogP contribution in [-0.4, -0.2) is 58.6 Å². The summed E-state index contributed by atoms with van der Waals surface area (Å²) in [4.78, 5) is 38.0. The van der Waals surface area contributed by atoms with Crippen LogP contribution in [0.1, 0.15) is 37.4 Å². The Balaban J connectivity index is 1.45. The van der Waals surface area contributed by atoms with E-state index in [2.05, 4.69) is 22.5 Å². The number of benzene rings is 1. The Kier molecular flexibility index (Phi) is 6.02. The van der Waals surface area contributed by atoms with Crippen molar-refractivity contribution in [3.05, 3.63) is 35.5 Å². The first-order valence-electron chi connectivity index (χ1n) is 11.6. The van der Waals surface area contributed by atoms with Crippen LogP contribution in [-0.2, 0) is 22.6 Å². The van der Waals surface area contributed by atoms with Crippen LogP contribution in [0.25, 0.3) is 11.3 Å². The molecular formula is C24H27N7O3. The number of urea groups is 1. The molecule has 5 rings (SSSR count). The minimum Gasteiger partial charge on any atom is -0.377 e. The van der Waals surface area contributed by atoms with E-state index in [1.807, 2.05) is 30.3 Å². The highest BCUT2D eigenvalue weighted by atomic mass is 16.5. The average Bonchev–Trinajstić information content (AvgIpc) is 3.53. The summed E-state index contributed by atoms with van der Waals surface area (Å²) < 4.78 is 5.57. The molecule has 2 fully saturated rings. The number of rotatable bonds is 5. The van der Waals surface area contributed by atoms with Gasteiger partial charge in [0.25, 0.3) is 0 Å². The van der Waals surface area contributed by atoms with Crippen molar-refractivity contribution in [3.63, 3.8) is 0 Å². The standard InChI is InChI=1S/C24H27N7O3/c1-15-14-34-11-10-31(15)23-28-20-13-30(21(32)8-9-25)12-19(20)22(29-23)16-2-4-17(5-3-16)26-24(33)27-18-6-7-18/h2-5,15,18H,6-8,10-14H2,1H3,(H2,26,27,33). The third kappa shape index (κ3) is 4.65. The van der Waals surface area contributed by atoms with Gasteiger partial charge >= 0.3 is 6.03 Å². The molecule has 10 heteroatoms. The van der Waals surface area contributed by atoms with Gasteiger partial charge < -0.3 is 25.2 Å². The van der Waals surface area contributed by atoms with E-state index in [-0.39, 0.29) is 30.4 Å². The lowest BCUT2D eigenvalue weighted by molar-refractivity contribution is -0.130. The monoisotopic (exact) mass is 461 g/mol. The van der Waals surface area contributed by atoms with Gasteiger partial charge in [0.05, 0.1) is 49.8 Å². The number of amides is 3. The topological polar surface area (TPSA) is 123 Å². The van der Waals surface area contributed by atoms with E-state index in [9.17, 15) is 9.59 Å². The van der Waals surface area contributed by atoms with E-state index in [0.29, 0.717) is 44.5 Å². The SMILES string of the molecule is CC1COCCN1c1nc2c(c(-c3ccc(NC(=O)NC4CC4)cc3)n1)CN(C(=O)CC#N)C2. The fourth-order valence-electron chi connectivity index (χ4n) is 4.28. The van der Waals surface area contributed by atoms with E-state index in [1.54, 1.807) is 4.90 Å². The molecule has 1 atom stereocenters. The quantitative estimate of drug-likeness (QED) is 0.701. The van der Waals surface area contributed by atoms with Gasteiger partial charge in [0.15, 0.2) is 0 Å². The molecule has 1 saturated carbocycles. The number of nitrogens with one attached hydrogen (secondary N) is 2. The number of nitrogens with zero attached hydrogens (tertiary/aromatic N) is 5. The van der Waals surface area contributed by atoms with Gasteiger partial charge in [-0.3, -0.25) is 4.79 Å². The molecule has 10 nitrogen and oxygen atoms in total. The summed E-state index contributed by atoms with van der Waals surface area (Å²) in [5.74, 6) is 0.402. The van der Waals surface area contributed by atoms with Crippen LogP contribution in [0.5, 0.6) is 0 Å². The highest BCUT2D eigenvalue weighted by Crippen LogP contribution is 2.33. The van der Waals surface area contributed by atoms with Crippen LogP contribution in [0, 0.1) is 11.3 Å². The number of anilines is 2. The number of hydrogen-bond acceptors (Lipinski definition) is 7. The molecule has 0 radical (unpaired) electrons. The summed E-state index contributed by atoms with van der Waals surface area (Å²) >= 11 is 0. The van der Waals surface area contributed by atoms with Crippen molar-refractivity contribution in [2.75, 3.05) is 30.0 Å². The van der Waals surface area contributed by atoms with Crippen molar-refractivity contribution in [1.82, 2.24) is 20.2 Å². The normalized spacial score (nSPS) is 19.4. The average molecular weight is 462 g/mol. The number of hydrogen-bond donors (Lipinski definition) is 2. The zero-order chi connectivity index (χ0) is 23.7. The minimum absolute atomic E-state index is 0.133. The Hall–Kier alpha value is -3.71. The highest BCUT2D eigenvalue weighted by Gasteiger charge is 2.31. The molecule has 34 heavy (non-hydrogen) atoms. The number of fused-ring (bicyclic) bond motifs is 1. The lowest BCUT2D eigenvalue weighted by atomic mass is 10.1. The summed E-state index contributed by atoms with van der Waals surface area (Å²) in [6, 6.07) is 9.69. The molecule has 2 N–H and O–H groups in total. The predicted molar refractivity (Wildman–Crippen MR) is 125 cm³/mol. The zero-order valence-electron chi connectivity index (χ0n) is 19.1. The number of nitriles is 1. The van der Waals surface area contributed by atoms with Crippen LogP contribution < -0.4 is 15.5 Å². The lowest BCUT2D eigenvalue weighted by Crippen LogP contribution is -2.44. The fraction of sp³-hybridized carbons (Fsp3) is 0.458. The van der Waals surface area contributed by atoms with E-state index in [1.165, 1.54) is 0 Å². The van der Waals surface area contributed by atoms with Crippen molar-refractivity contribution >= 4 is 23.6 Å². The largest absolute Gasteiger partial charge is 0.377 e. The molecule has 3 amide bonds. The number of ether oxygens (including phenoxy) is 1. The smallest absolute Gasteiger partial charge is 0.319 e. The minimum atomic E-state index is -0.214. The van der Waals surface area contributed by atoms with Crippen molar-refractivity contribution in [2.24, 2.45) is 0 Å². The third-order valence-electron chi connectivity index (χ3n) is 6.31. The summed E-state index contributed by atoms with van der Waals surface area (Å²) in [5.41, 5.74) is 4.03. The lowest BCUT2D eigenvalue weighted by Gasteiger charge is -2.33. The highest BCUT2D eigenvalue weighted by molar-refractivity contribution is 5.90. The van der Waals surface area contributed by atoms with Crippen LogP contribution in [0.15, 0.2) is 24.3 Å². The first-order valence-corrected chi connectivity index (χ1v) is 11.6. The van der Waals surface area contributed by atoms with Gasteiger partial charge in [-0.05, 0) is 31.9 Å². The molecule has 0 spiro atoms. The van der Waals surface area contributed by atoms with Crippen LogP contribution in [0.4, 0.5) is 16.4 Å². The first-order chi connectivity index (χ1) is 16.5. The second-order valence-electron chi connectivity index (χ2n) is 8.95. The maximum absolute atomic E-state index is 12.4. The molecule has 1 aromatic heterocycles. The Bertz CT molecular complexity index is 1140. The Morgan fingerprint density at radius 1 is 1.21 bits per heavy atom. The number of morpholine rings is 1. The second-order valence-corrected chi connectivity index (χ2v) is 8.95. The molecule has 1 unspecified atom stereocenters. The predicted octanol–water partition coefficient (Wildman–Crippen LogP) is 2.41. The van der Waals surface area contributed by atoms with Crippen LogP contribution >= 0.6 is 0 Å². The maximum Gasteiger partial charge on any atom is 0.319 e. The molecule has 3 heterocycles. The van der Waals surface area contributed by atoms with Gasteiger partial charge in [0, 0.05) is 29.4 Å². The molecule has 1 aliphatic carbocycles. The van der Waals surface area contributed by atoms with Crippen molar-refractivity contribution < 1.29 is 14.3 Å². The summed E-state index contributed by atoms with van der Waals surface area (Å²) in [5, 5.41) is 14.7. The molecule has 0 bridgehead atoms.